The lowest BCUT2D eigenvalue weighted by atomic mass is 9.92. The van der Waals surface area contributed by atoms with E-state index in [0.717, 1.165) is 24.0 Å². The van der Waals surface area contributed by atoms with Gasteiger partial charge in [0.1, 0.15) is 0 Å². The van der Waals surface area contributed by atoms with Gasteiger partial charge in [0.15, 0.2) is 0 Å². The van der Waals surface area contributed by atoms with Crippen LogP contribution in [0.25, 0.3) is 6.08 Å². The Balaban J connectivity index is 2.07. The number of hydrogen-bond acceptors (Lipinski definition) is 3. The van der Waals surface area contributed by atoms with E-state index in [0.29, 0.717) is 16.7 Å². The Labute approximate surface area is 122 Å². The highest BCUT2D eigenvalue weighted by molar-refractivity contribution is 7.14. The van der Waals surface area contributed by atoms with Gasteiger partial charge in [-0.3, -0.25) is 4.79 Å². The maximum absolute atomic E-state index is 12.4. The zero-order chi connectivity index (χ0) is 14.7. The second kappa shape index (κ2) is 6.22. The number of carboxylic acids is 1. The predicted molar refractivity (Wildman–Crippen MR) is 79.8 cm³/mol. The van der Waals surface area contributed by atoms with Gasteiger partial charge in [-0.05, 0) is 36.5 Å². The Hall–Kier alpha value is -1.62. The number of piperidine rings is 1. The Morgan fingerprint density at radius 3 is 2.55 bits per heavy atom. The monoisotopic (exact) mass is 293 g/mol. The maximum Gasteiger partial charge on any atom is 0.328 e. The average molecular weight is 293 g/mol. The lowest BCUT2D eigenvalue weighted by molar-refractivity contribution is -0.131. The van der Waals surface area contributed by atoms with Gasteiger partial charge >= 0.3 is 5.97 Å². The molecule has 2 atom stereocenters. The fraction of sp³-hybridized carbons (Fsp3) is 0.467. The van der Waals surface area contributed by atoms with Crippen molar-refractivity contribution in [3.63, 3.8) is 0 Å². The van der Waals surface area contributed by atoms with Gasteiger partial charge in [0.2, 0.25) is 0 Å². The van der Waals surface area contributed by atoms with Gasteiger partial charge in [0.05, 0.1) is 4.88 Å². The van der Waals surface area contributed by atoms with Crippen molar-refractivity contribution in [2.24, 2.45) is 11.8 Å². The normalized spacial score (nSPS) is 23.2. The van der Waals surface area contributed by atoms with Crippen LogP contribution in [-0.4, -0.2) is 35.0 Å². The fourth-order valence-electron chi connectivity index (χ4n) is 2.70. The summed E-state index contributed by atoms with van der Waals surface area (Å²) in [4.78, 5) is 26.3. The molecule has 4 nitrogen and oxygen atoms in total. The number of nitrogens with zero attached hydrogens (tertiary/aromatic N) is 1. The molecule has 0 saturated carbocycles. The largest absolute Gasteiger partial charge is 0.478 e. The first-order valence-corrected chi connectivity index (χ1v) is 7.57. The summed E-state index contributed by atoms with van der Waals surface area (Å²) < 4.78 is 0. The van der Waals surface area contributed by atoms with Gasteiger partial charge in [0, 0.05) is 24.0 Å². The van der Waals surface area contributed by atoms with Crippen molar-refractivity contribution in [1.82, 2.24) is 4.90 Å². The summed E-state index contributed by atoms with van der Waals surface area (Å²) in [6, 6.07) is 3.56. The van der Waals surface area contributed by atoms with Crippen LogP contribution in [0.4, 0.5) is 0 Å². The van der Waals surface area contributed by atoms with E-state index in [1.54, 1.807) is 12.1 Å². The lowest BCUT2D eigenvalue weighted by Crippen LogP contribution is -2.42. The number of rotatable bonds is 3. The maximum atomic E-state index is 12.4. The molecule has 5 heteroatoms. The molecular weight excluding hydrogens is 274 g/mol. The van der Waals surface area contributed by atoms with Crippen molar-refractivity contribution >= 4 is 29.3 Å². The number of carboxylic acid groups (broad SMARTS) is 1. The molecule has 1 aliphatic rings. The molecule has 0 aromatic carbocycles. The lowest BCUT2D eigenvalue weighted by Gasteiger charge is -2.34. The van der Waals surface area contributed by atoms with Crippen molar-refractivity contribution in [1.29, 1.82) is 0 Å². The van der Waals surface area contributed by atoms with E-state index in [-0.39, 0.29) is 5.91 Å². The smallest absolute Gasteiger partial charge is 0.328 e. The van der Waals surface area contributed by atoms with E-state index < -0.39 is 5.97 Å². The molecule has 1 aromatic heterocycles. The molecular formula is C15H19NO3S. The quantitative estimate of drug-likeness (QED) is 0.872. The minimum Gasteiger partial charge on any atom is -0.478 e. The number of hydrogen-bond donors (Lipinski definition) is 1. The zero-order valence-electron chi connectivity index (χ0n) is 11.7. The van der Waals surface area contributed by atoms with Crippen LogP contribution in [0.5, 0.6) is 0 Å². The molecule has 1 aliphatic heterocycles. The van der Waals surface area contributed by atoms with Crippen LogP contribution in [0.1, 0.15) is 34.8 Å². The molecule has 0 aliphatic carbocycles. The van der Waals surface area contributed by atoms with Gasteiger partial charge in [-0.15, -0.1) is 11.3 Å². The number of carbonyl (C=O) groups excluding carboxylic acids is 1. The van der Waals surface area contributed by atoms with Gasteiger partial charge in [-0.1, -0.05) is 13.8 Å². The molecule has 2 unspecified atom stereocenters. The van der Waals surface area contributed by atoms with Crippen LogP contribution >= 0.6 is 11.3 Å². The van der Waals surface area contributed by atoms with Crippen molar-refractivity contribution < 1.29 is 14.7 Å². The van der Waals surface area contributed by atoms with Crippen LogP contribution in [-0.2, 0) is 4.79 Å². The molecule has 20 heavy (non-hydrogen) atoms. The first-order valence-electron chi connectivity index (χ1n) is 6.76. The average Bonchev–Trinajstić information content (AvgIpc) is 2.83. The van der Waals surface area contributed by atoms with Crippen molar-refractivity contribution in [3.05, 3.63) is 28.0 Å². The van der Waals surface area contributed by atoms with Gasteiger partial charge in [0.25, 0.3) is 5.91 Å². The molecule has 1 aromatic rings. The minimum atomic E-state index is -0.982. The molecule has 108 valence electrons. The summed E-state index contributed by atoms with van der Waals surface area (Å²) in [7, 11) is 0. The van der Waals surface area contributed by atoms with Crippen LogP contribution in [0, 0.1) is 11.8 Å². The molecule has 0 bridgehead atoms. The van der Waals surface area contributed by atoms with Crippen molar-refractivity contribution in [3.8, 4) is 0 Å². The highest BCUT2D eigenvalue weighted by Gasteiger charge is 2.26. The third-order valence-electron chi connectivity index (χ3n) is 3.38. The molecule has 1 fully saturated rings. The van der Waals surface area contributed by atoms with E-state index in [1.165, 1.54) is 23.8 Å². The van der Waals surface area contributed by atoms with Crippen LogP contribution in [0.15, 0.2) is 18.2 Å². The van der Waals surface area contributed by atoms with Gasteiger partial charge in [-0.2, -0.15) is 0 Å². The summed E-state index contributed by atoms with van der Waals surface area (Å²) in [5, 5.41) is 8.60. The minimum absolute atomic E-state index is 0.0587. The second-order valence-corrected chi connectivity index (χ2v) is 6.65. The van der Waals surface area contributed by atoms with E-state index in [9.17, 15) is 9.59 Å². The van der Waals surface area contributed by atoms with Crippen LogP contribution in [0.2, 0.25) is 0 Å². The first kappa shape index (κ1) is 14.8. The predicted octanol–water partition coefficient (Wildman–Crippen LogP) is 2.96. The number of aliphatic carboxylic acids is 1. The Bertz CT molecular complexity index is 525. The second-order valence-electron chi connectivity index (χ2n) is 5.53. The SMILES string of the molecule is CC1CC(C)CN(C(=O)c2ccc(C=CC(=O)O)s2)C1. The third-order valence-corrected chi connectivity index (χ3v) is 4.42. The van der Waals surface area contributed by atoms with E-state index in [2.05, 4.69) is 13.8 Å². The van der Waals surface area contributed by atoms with Crippen molar-refractivity contribution in [2.45, 2.75) is 20.3 Å². The number of amides is 1. The summed E-state index contributed by atoms with van der Waals surface area (Å²) in [5.41, 5.74) is 0. The molecule has 1 amide bonds. The topological polar surface area (TPSA) is 57.6 Å². The summed E-state index contributed by atoms with van der Waals surface area (Å²) in [6.07, 6.45) is 3.77. The Morgan fingerprint density at radius 2 is 1.95 bits per heavy atom. The molecule has 0 spiro atoms. The van der Waals surface area contributed by atoms with Crippen molar-refractivity contribution in [2.75, 3.05) is 13.1 Å². The molecule has 2 heterocycles. The van der Waals surface area contributed by atoms with Crippen LogP contribution in [0.3, 0.4) is 0 Å². The number of likely N-dealkylation sites (tertiary alicyclic amines) is 1. The van der Waals surface area contributed by atoms with Gasteiger partial charge in [-0.25, -0.2) is 4.79 Å². The summed E-state index contributed by atoms with van der Waals surface area (Å²) >= 11 is 1.34. The van der Waals surface area contributed by atoms with E-state index in [1.807, 2.05) is 4.90 Å². The van der Waals surface area contributed by atoms with E-state index in [4.69, 9.17) is 5.11 Å². The molecule has 2 rings (SSSR count). The highest BCUT2D eigenvalue weighted by atomic mass is 32.1. The number of carbonyl (C=O) groups is 2. The van der Waals surface area contributed by atoms with E-state index >= 15 is 0 Å². The molecule has 1 N–H and O–H groups in total. The summed E-state index contributed by atoms with van der Waals surface area (Å²) in [5.74, 6) is 0.149. The van der Waals surface area contributed by atoms with Gasteiger partial charge < -0.3 is 10.0 Å². The standard InChI is InChI=1S/C15H19NO3S/c1-10-7-11(2)9-16(8-10)15(19)13-5-3-12(20-13)4-6-14(17)18/h3-6,10-11H,7-9H2,1-2H3,(H,17,18). The highest BCUT2D eigenvalue weighted by Crippen LogP contribution is 2.25. The third kappa shape index (κ3) is 3.70. The molecule has 0 radical (unpaired) electrons. The van der Waals surface area contributed by atoms with Crippen LogP contribution < -0.4 is 0 Å². The zero-order valence-corrected chi connectivity index (χ0v) is 12.5. The summed E-state index contributed by atoms with van der Waals surface area (Å²) in [6.45, 7) is 5.96. The fourth-order valence-corrected chi connectivity index (χ4v) is 3.57. The molecule has 1 saturated heterocycles. The Morgan fingerprint density at radius 1 is 1.30 bits per heavy atom. The first-order chi connectivity index (χ1) is 9.45. The Kier molecular flexibility index (Phi) is 4.60. The number of thiophene rings is 1.